The number of nitrogens with two attached hydrogens (primary N) is 1. The Morgan fingerprint density at radius 1 is 1.36 bits per heavy atom. The molecule has 4 rings (SSSR count). The van der Waals surface area contributed by atoms with E-state index in [0.717, 1.165) is 32.8 Å². The van der Waals surface area contributed by atoms with Crippen molar-refractivity contribution in [2.75, 3.05) is 16.8 Å². The molecule has 0 radical (unpaired) electrons. The molecule has 1 aliphatic heterocycles. The van der Waals surface area contributed by atoms with Crippen LogP contribution in [0.5, 0.6) is 0 Å². The van der Waals surface area contributed by atoms with Gasteiger partial charge in [0.25, 0.3) is 0 Å². The molecular formula is C20H22N4O2S2. The zero-order valence-electron chi connectivity index (χ0n) is 16.0. The molecule has 0 saturated heterocycles. The minimum Gasteiger partial charge on any atom is -0.383 e. The summed E-state index contributed by atoms with van der Waals surface area (Å²) in [5.74, 6) is 0.602. The number of nitrogen functional groups attached to an aromatic ring is 1. The largest absolute Gasteiger partial charge is 0.383 e. The lowest BCUT2D eigenvalue weighted by Crippen LogP contribution is -2.31. The Kier molecular flexibility index (Phi) is 5.03. The van der Waals surface area contributed by atoms with Crippen molar-refractivity contribution in [3.63, 3.8) is 0 Å². The molecule has 3 heterocycles. The van der Waals surface area contributed by atoms with Crippen LogP contribution in [0.25, 0.3) is 10.2 Å². The first-order valence-corrected chi connectivity index (χ1v) is 10.8. The fourth-order valence-corrected chi connectivity index (χ4v) is 5.07. The molecule has 0 saturated carbocycles. The number of thioether (sulfide) groups is 1. The van der Waals surface area contributed by atoms with E-state index in [2.05, 4.69) is 29.1 Å². The Hall–Kier alpha value is -2.16. The van der Waals surface area contributed by atoms with E-state index in [4.69, 9.17) is 10.5 Å². The highest BCUT2D eigenvalue weighted by Crippen LogP contribution is 2.40. The van der Waals surface area contributed by atoms with Gasteiger partial charge in [-0.2, -0.15) is 0 Å². The molecule has 0 spiro atoms. The standard InChI is InChI=1S/C20H22N4O2S2/c1-11-6-4-5-7-13(11)22-15(25)10-27-19-23-17(21)16-12-8-20(2,3)26-9-14(12)28-18(16)24-19/h4-7H,8-10H2,1-3H3,(H,22,25)(H2,21,23,24). The quantitative estimate of drug-likeness (QED) is 0.492. The SMILES string of the molecule is Cc1ccccc1NC(=O)CSc1nc(N)c2c3c(sc2n1)COC(C)(C)C3. The number of fused-ring (bicyclic) bond motifs is 3. The molecule has 3 aromatic rings. The zero-order chi connectivity index (χ0) is 19.9. The number of nitrogens with one attached hydrogen (secondary N) is 1. The first kappa shape index (κ1) is 19.2. The Bertz CT molecular complexity index is 1060. The first-order chi connectivity index (χ1) is 13.3. The number of hydrogen-bond donors (Lipinski definition) is 2. The monoisotopic (exact) mass is 414 g/mol. The van der Waals surface area contributed by atoms with Gasteiger partial charge >= 0.3 is 0 Å². The minimum atomic E-state index is -0.214. The molecule has 1 amide bonds. The van der Waals surface area contributed by atoms with Gasteiger partial charge in [-0.25, -0.2) is 9.97 Å². The number of amides is 1. The number of rotatable bonds is 4. The maximum atomic E-state index is 12.3. The summed E-state index contributed by atoms with van der Waals surface area (Å²) in [5.41, 5.74) is 9.09. The molecule has 8 heteroatoms. The number of benzene rings is 1. The van der Waals surface area contributed by atoms with Crippen molar-refractivity contribution in [3.8, 4) is 0 Å². The van der Waals surface area contributed by atoms with Crippen molar-refractivity contribution in [1.82, 2.24) is 9.97 Å². The maximum absolute atomic E-state index is 12.3. The third-order valence-corrected chi connectivity index (χ3v) is 6.64. The van der Waals surface area contributed by atoms with Crippen molar-refractivity contribution in [3.05, 3.63) is 40.3 Å². The minimum absolute atomic E-state index is 0.0952. The van der Waals surface area contributed by atoms with Crippen LogP contribution in [0, 0.1) is 6.92 Å². The normalized spacial score (nSPS) is 15.4. The van der Waals surface area contributed by atoms with Crippen molar-refractivity contribution in [1.29, 1.82) is 0 Å². The fourth-order valence-electron chi connectivity index (χ4n) is 3.25. The molecular weight excluding hydrogens is 392 g/mol. The Morgan fingerprint density at radius 2 is 2.14 bits per heavy atom. The lowest BCUT2D eigenvalue weighted by Gasteiger charge is -2.30. The lowest BCUT2D eigenvalue weighted by atomic mass is 9.94. The third kappa shape index (κ3) is 3.85. The smallest absolute Gasteiger partial charge is 0.234 e. The Balaban J connectivity index is 1.51. The van der Waals surface area contributed by atoms with Gasteiger partial charge in [-0.05, 0) is 38.0 Å². The van der Waals surface area contributed by atoms with E-state index < -0.39 is 0 Å². The summed E-state index contributed by atoms with van der Waals surface area (Å²) in [7, 11) is 0. The van der Waals surface area contributed by atoms with Crippen molar-refractivity contribution in [2.24, 2.45) is 0 Å². The number of carbonyl (C=O) groups is 1. The van der Waals surface area contributed by atoms with E-state index in [1.807, 2.05) is 31.2 Å². The van der Waals surface area contributed by atoms with Crippen LogP contribution < -0.4 is 11.1 Å². The molecule has 6 nitrogen and oxygen atoms in total. The van der Waals surface area contributed by atoms with E-state index in [0.29, 0.717) is 17.6 Å². The van der Waals surface area contributed by atoms with Crippen molar-refractivity contribution < 1.29 is 9.53 Å². The second-order valence-electron chi connectivity index (χ2n) is 7.45. The van der Waals surface area contributed by atoms with Crippen molar-refractivity contribution in [2.45, 2.75) is 44.6 Å². The Labute approximate surface area is 171 Å². The highest BCUT2D eigenvalue weighted by Gasteiger charge is 2.30. The summed E-state index contributed by atoms with van der Waals surface area (Å²) in [6.07, 6.45) is 0.793. The molecule has 3 N–H and O–H groups in total. The number of aromatic nitrogens is 2. The molecule has 0 bridgehead atoms. The second-order valence-corrected chi connectivity index (χ2v) is 9.48. The first-order valence-electron chi connectivity index (χ1n) is 9.02. The topological polar surface area (TPSA) is 90.1 Å². The number of anilines is 2. The number of ether oxygens (including phenoxy) is 1. The number of thiophene rings is 1. The van der Waals surface area contributed by atoms with Crippen LogP contribution in [0.4, 0.5) is 11.5 Å². The number of hydrogen-bond acceptors (Lipinski definition) is 7. The van der Waals surface area contributed by atoms with Gasteiger partial charge in [0, 0.05) is 17.0 Å². The molecule has 2 aromatic heterocycles. The van der Waals surface area contributed by atoms with E-state index in [9.17, 15) is 4.79 Å². The fraction of sp³-hybridized carbons (Fsp3) is 0.350. The van der Waals surface area contributed by atoms with Crippen LogP contribution >= 0.6 is 23.1 Å². The van der Waals surface area contributed by atoms with Crippen LogP contribution in [-0.4, -0.2) is 27.2 Å². The predicted molar refractivity (Wildman–Crippen MR) is 115 cm³/mol. The van der Waals surface area contributed by atoms with Crippen LogP contribution in [0.1, 0.15) is 29.9 Å². The highest BCUT2D eigenvalue weighted by atomic mass is 32.2. The van der Waals surface area contributed by atoms with Gasteiger partial charge in [-0.1, -0.05) is 30.0 Å². The van der Waals surface area contributed by atoms with Crippen molar-refractivity contribution >= 4 is 50.7 Å². The van der Waals surface area contributed by atoms with E-state index in [1.54, 1.807) is 11.3 Å². The molecule has 0 atom stereocenters. The summed E-state index contributed by atoms with van der Waals surface area (Å²) >= 11 is 2.89. The lowest BCUT2D eigenvalue weighted by molar-refractivity contribution is -0.113. The third-order valence-electron chi connectivity index (χ3n) is 4.69. The van der Waals surface area contributed by atoms with Crippen LogP contribution in [0.15, 0.2) is 29.4 Å². The maximum Gasteiger partial charge on any atom is 0.234 e. The summed E-state index contributed by atoms with van der Waals surface area (Å²) in [6.45, 7) is 6.69. The molecule has 28 heavy (non-hydrogen) atoms. The summed E-state index contributed by atoms with van der Waals surface area (Å²) < 4.78 is 5.90. The Morgan fingerprint density at radius 3 is 2.93 bits per heavy atom. The van der Waals surface area contributed by atoms with Gasteiger partial charge < -0.3 is 15.8 Å². The molecule has 0 unspecified atom stereocenters. The van der Waals surface area contributed by atoms with Gasteiger partial charge in [-0.3, -0.25) is 4.79 Å². The van der Waals surface area contributed by atoms with E-state index >= 15 is 0 Å². The number of carbonyl (C=O) groups excluding carboxylic acids is 1. The van der Waals surface area contributed by atoms with Gasteiger partial charge in [0.05, 0.1) is 23.3 Å². The molecule has 0 fully saturated rings. The average molecular weight is 415 g/mol. The number of para-hydroxylation sites is 1. The average Bonchev–Trinajstić information content (AvgIpc) is 2.99. The zero-order valence-corrected chi connectivity index (χ0v) is 17.7. The van der Waals surface area contributed by atoms with Crippen LogP contribution in [-0.2, 0) is 22.6 Å². The van der Waals surface area contributed by atoms with Gasteiger partial charge in [0.15, 0.2) is 5.16 Å². The van der Waals surface area contributed by atoms with Crippen LogP contribution in [0.3, 0.4) is 0 Å². The number of aryl methyl sites for hydroxylation is 1. The molecule has 0 aliphatic carbocycles. The van der Waals surface area contributed by atoms with E-state index in [-0.39, 0.29) is 17.3 Å². The number of nitrogens with zero attached hydrogens (tertiary/aromatic N) is 2. The predicted octanol–water partition coefficient (Wildman–Crippen LogP) is 4.16. The molecule has 1 aliphatic rings. The highest BCUT2D eigenvalue weighted by molar-refractivity contribution is 7.99. The van der Waals surface area contributed by atoms with Gasteiger partial charge in [0.2, 0.25) is 5.91 Å². The van der Waals surface area contributed by atoms with Gasteiger partial charge in [-0.15, -0.1) is 11.3 Å². The summed E-state index contributed by atoms with van der Waals surface area (Å²) in [4.78, 5) is 23.4. The summed E-state index contributed by atoms with van der Waals surface area (Å²) in [5, 5.41) is 4.37. The van der Waals surface area contributed by atoms with Crippen LogP contribution in [0.2, 0.25) is 0 Å². The van der Waals surface area contributed by atoms with E-state index in [1.165, 1.54) is 17.3 Å². The van der Waals surface area contributed by atoms with Gasteiger partial charge in [0.1, 0.15) is 10.6 Å². The molecule has 1 aromatic carbocycles. The molecule has 146 valence electrons. The summed E-state index contributed by atoms with van der Waals surface area (Å²) in [6, 6.07) is 7.69. The second kappa shape index (κ2) is 7.35.